The predicted octanol–water partition coefficient (Wildman–Crippen LogP) is 2.28. The molecular formula is C15H21N3O2. The number of methoxy groups -OCH3 is 1. The van der Waals surface area contributed by atoms with Gasteiger partial charge in [-0.25, -0.2) is 0 Å². The molecule has 0 aliphatic heterocycles. The second-order valence-corrected chi connectivity index (χ2v) is 5.17. The molecule has 0 atom stereocenters. The Kier molecular flexibility index (Phi) is 5.39. The summed E-state index contributed by atoms with van der Waals surface area (Å²) in [6, 6.07) is 7.09. The summed E-state index contributed by atoms with van der Waals surface area (Å²) in [6.07, 6.45) is 0.860. The van der Waals surface area contributed by atoms with Crippen molar-refractivity contribution in [2.75, 3.05) is 19.0 Å². The number of anilines is 1. The molecule has 108 valence electrons. The van der Waals surface area contributed by atoms with E-state index in [0.717, 1.165) is 6.42 Å². The topological polar surface area (TPSA) is 74.2 Å². The first-order valence-electron chi connectivity index (χ1n) is 6.55. The molecule has 2 N–H and O–H groups in total. The van der Waals surface area contributed by atoms with Gasteiger partial charge >= 0.3 is 0 Å². The highest BCUT2D eigenvalue weighted by Gasteiger charge is 2.17. The van der Waals surface area contributed by atoms with E-state index in [1.165, 1.54) is 7.11 Å². The van der Waals surface area contributed by atoms with E-state index in [2.05, 4.69) is 10.6 Å². The Morgan fingerprint density at radius 2 is 2.15 bits per heavy atom. The van der Waals surface area contributed by atoms with E-state index in [1.807, 2.05) is 26.8 Å². The van der Waals surface area contributed by atoms with Gasteiger partial charge in [0.05, 0.1) is 31.0 Å². The van der Waals surface area contributed by atoms with Gasteiger partial charge in [0, 0.05) is 11.6 Å². The molecule has 0 saturated heterocycles. The van der Waals surface area contributed by atoms with E-state index < -0.39 is 0 Å². The van der Waals surface area contributed by atoms with E-state index in [9.17, 15) is 4.79 Å². The maximum absolute atomic E-state index is 11.8. The van der Waals surface area contributed by atoms with Crippen LogP contribution in [0.3, 0.4) is 0 Å². The lowest BCUT2D eigenvalue weighted by Crippen LogP contribution is -2.45. The average Bonchev–Trinajstić information content (AvgIpc) is 2.44. The number of nitriles is 1. The number of amides is 1. The van der Waals surface area contributed by atoms with Gasteiger partial charge in [0.1, 0.15) is 5.75 Å². The van der Waals surface area contributed by atoms with Crippen molar-refractivity contribution in [3.8, 4) is 11.8 Å². The quantitative estimate of drug-likeness (QED) is 0.835. The lowest BCUT2D eigenvalue weighted by atomic mass is 10.0. The average molecular weight is 275 g/mol. The van der Waals surface area contributed by atoms with E-state index in [0.29, 0.717) is 17.0 Å². The van der Waals surface area contributed by atoms with Gasteiger partial charge in [-0.15, -0.1) is 0 Å². The fourth-order valence-electron chi connectivity index (χ4n) is 1.59. The molecule has 0 fully saturated rings. The molecule has 1 amide bonds. The van der Waals surface area contributed by atoms with Crippen LogP contribution in [-0.2, 0) is 4.79 Å². The van der Waals surface area contributed by atoms with Crippen LogP contribution in [0.25, 0.3) is 0 Å². The number of carbonyl (C=O) groups excluding carboxylic acids is 1. The van der Waals surface area contributed by atoms with Gasteiger partial charge in [-0.3, -0.25) is 4.79 Å². The standard InChI is InChI=1S/C15H21N3O2/c1-5-15(2,3)18-14(19)10-17-12-7-6-11(9-16)8-13(12)20-4/h6-8,17H,5,10H2,1-4H3,(H,18,19). The second kappa shape index (κ2) is 6.80. The maximum Gasteiger partial charge on any atom is 0.239 e. The van der Waals surface area contributed by atoms with Crippen LogP contribution in [0.4, 0.5) is 5.69 Å². The second-order valence-electron chi connectivity index (χ2n) is 5.17. The molecule has 0 aromatic heterocycles. The van der Waals surface area contributed by atoms with E-state index >= 15 is 0 Å². The van der Waals surface area contributed by atoms with Gasteiger partial charge < -0.3 is 15.4 Å². The van der Waals surface area contributed by atoms with E-state index in [4.69, 9.17) is 10.00 Å². The molecule has 5 nitrogen and oxygen atoms in total. The van der Waals surface area contributed by atoms with Gasteiger partial charge in [0.2, 0.25) is 5.91 Å². The molecule has 0 radical (unpaired) electrons. The summed E-state index contributed by atoms with van der Waals surface area (Å²) >= 11 is 0. The first kappa shape index (κ1) is 15.8. The Bertz CT molecular complexity index is 518. The highest BCUT2D eigenvalue weighted by molar-refractivity contribution is 5.82. The molecule has 1 aromatic carbocycles. The lowest BCUT2D eigenvalue weighted by molar-refractivity contribution is -0.121. The highest BCUT2D eigenvalue weighted by atomic mass is 16.5. The zero-order valence-electron chi connectivity index (χ0n) is 12.4. The molecule has 20 heavy (non-hydrogen) atoms. The summed E-state index contributed by atoms with van der Waals surface area (Å²) in [6.45, 7) is 6.14. The third-order valence-corrected chi connectivity index (χ3v) is 3.13. The van der Waals surface area contributed by atoms with Gasteiger partial charge in [-0.2, -0.15) is 5.26 Å². The minimum absolute atomic E-state index is 0.0803. The van der Waals surface area contributed by atoms with Crippen molar-refractivity contribution in [3.05, 3.63) is 23.8 Å². The monoisotopic (exact) mass is 275 g/mol. The summed E-state index contributed by atoms with van der Waals surface area (Å²) < 4.78 is 5.20. The Morgan fingerprint density at radius 3 is 2.70 bits per heavy atom. The molecule has 0 unspecified atom stereocenters. The molecule has 0 heterocycles. The summed E-state index contributed by atoms with van der Waals surface area (Å²) in [7, 11) is 1.53. The van der Waals surface area contributed by atoms with Crippen molar-refractivity contribution < 1.29 is 9.53 Å². The zero-order chi connectivity index (χ0) is 15.2. The van der Waals surface area contributed by atoms with Crippen LogP contribution in [-0.4, -0.2) is 25.1 Å². The van der Waals surface area contributed by atoms with Crippen molar-refractivity contribution in [2.45, 2.75) is 32.7 Å². The van der Waals surface area contributed by atoms with Crippen molar-refractivity contribution in [3.63, 3.8) is 0 Å². The Balaban J connectivity index is 2.66. The molecular weight excluding hydrogens is 254 g/mol. The summed E-state index contributed by atoms with van der Waals surface area (Å²) in [5.74, 6) is 0.467. The summed E-state index contributed by atoms with van der Waals surface area (Å²) in [5, 5.41) is 14.8. The predicted molar refractivity (Wildman–Crippen MR) is 78.7 cm³/mol. The SMILES string of the molecule is CCC(C)(C)NC(=O)CNc1ccc(C#N)cc1OC. The molecule has 0 bridgehead atoms. The fourth-order valence-corrected chi connectivity index (χ4v) is 1.59. The Hall–Kier alpha value is -2.22. The molecule has 1 aromatic rings. The van der Waals surface area contributed by atoms with E-state index in [1.54, 1.807) is 18.2 Å². The minimum Gasteiger partial charge on any atom is -0.495 e. The molecule has 0 saturated carbocycles. The van der Waals surface area contributed by atoms with Gasteiger partial charge in [-0.1, -0.05) is 6.92 Å². The van der Waals surface area contributed by atoms with Crippen molar-refractivity contribution in [1.82, 2.24) is 5.32 Å². The zero-order valence-corrected chi connectivity index (χ0v) is 12.4. The molecule has 0 spiro atoms. The normalized spacial score (nSPS) is 10.6. The first-order chi connectivity index (χ1) is 9.41. The smallest absolute Gasteiger partial charge is 0.239 e. The first-order valence-corrected chi connectivity index (χ1v) is 6.55. The van der Waals surface area contributed by atoms with Crippen molar-refractivity contribution in [1.29, 1.82) is 5.26 Å². The number of hydrogen-bond donors (Lipinski definition) is 2. The van der Waals surface area contributed by atoms with Crippen molar-refractivity contribution >= 4 is 11.6 Å². The molecule has 0 aliphatic carbocycles. The van der Waals surface area contributed by atoms with Gasteiger partial charge in [0.25, 0.3) is 0 Å². The van der Waals surface area contributed by atoms with Crippen LogP contribution in [0.2, 0.25) is 0 Å². The van der Waals surface area contributed by atoms with Crippen LogP contribution in [0.5, 0.6) is 5.75 Å². The summed E-state index contributed by atoms with van der Waals surface area (Å²) in [4.78, 5) is 11.8. The van der Waals surface area contributed by atoms with Crippen LogP contribution in [0, 0.1) is 11.3 Å². The van der Waals surface area contributed by atoms with Crippen LogP contribution in [0.15, 0.2) is 18.2 Å². The number of hydrogen-bond acceptors (Lipinski definition) is 4. The van der Waals surface area contributed by atoms with Crippen LogP contribution in [0.1, 0.15) is 32.8 Å². The molecule has 0 aliphatic rings. The number of nitrogens with one attached hydrogen (secondary N) is 2. The summed E-state index contributed by atoms with van der Waals surface area (Å²) in [5.41, 5.74) is 0.993. The largest absolute Gasteiger partial charge is 0.495 e. The Labute approximate surface area is 119 Å². The molecule has 5 heteroatoms. The van der Waals surface area contributed by atoms with Crippen LogP contribution >= 0.6 is 0 Å². The third-order valence-electron chi connectivity index (χ3n) is 3.13. The van der Waals surface area contributed by atoms with E-state index in [-0.39, 0.29) is 18.0 Å². The van der Waals surface area contributed by atoms with Crippen LogP contribution < -0.4 is 15.4 Å². The van der Waals surface area contributed by atoms with Crippen molar-refractivity contribution in [2.24, 2.45) is 0 Å². The van der Waals surface area contributed by atoms with Gasteiger partial charge in [0.15, 0.2) is 0 Å². The minimum atomic E-state index is -0.215. The highest BCUT2D eigenvalue weighted by Crippen LogP contribution is 2.25. The third kappa shape index (κ3) is 4.47. The number of rotatable bonds is 6. The number of nitrogens with zero attached hydrogens (tertiary/aromatic N) is 1. The fraction of sp³-hybridized carbons (Fsp3) is 0.467. The number of ether oxygens (including phenoxy) is 1. The van der Waals surface area contributed by atoms with Gasteiger partial charge in [-0.05, 0) is 32.4 Å². The Morgan fingerprint density at radius 1 is 1.45 bits per heavy atom. The molecule has 1 rings (SSSR count). The number of carbonyl (C=O) groups is 1. The number of benzene rings is 1. The maximum atomic E-state index is 11.8. The lowest BCUT2D eigenvalue weighted by Gasteiger charge is -2.24.